The molecule has 3 rings (SSSR count). The fraction of sp³-hybridized carbons (Fsp3) is 0.462. The number of carbonyl (C=O) groups excluding carboxylic acids is 2. The normalized spacial score (nSPS) is 14.6. The Morgan fingerprint density at radius 3 is 2.09 bits per heavy atom. The molecular weight excluding hydrogens is 436 g/mol. The SMILES string of the molecule is COc1ccc(CCNCCCN2C(=O)c3cc(OC)c(OC)cc3C(C)(C)C2=O)cc1OC. The molecule has 0 saturated heterocycles. The number of carbonyl (C=O) groups is 2. The van der Waals surface area contributed by atoms with E-state index in [1.54, 1.807) is 26.4 Å². The van der Waals surface area contributed by atoms with Gasteiger partial charge in [-0.25, -0.2) is 0 Å². The highest BCUT2D eigenvalue weighted by atomic mass is 16.5. The van der Waals surface area contributed by atoms with E-state index in [9.17, 15) is 9.59 Å². The smallest absolute Gasteiger partial charge is 0.260 e. The molecule has 0 unspecified atom stereocenters. The molecule has 0 saturated carbocycles. The number of methoxy groups -OCH3 is 4. The van der Waals surface area contributed by atoms with Crippen molar-refractivity contribution >= 4 is 11.8 Å². The second kappa shape index (κ2) is 10.8. The van der Waals surface area contributed by atoms with E-state index in [4.69, 9.17) is 18.9 Å². The molecule has 8 nitrogen and oxygen atoms in total. The third-order valence-corrected chi connectivity index (χ3v) is 6.23. The highest BCUT2D eigenvalue weighted by Gasteiger charge is 2.44. The van der Waals surface area contributed by atoms with Crippen LogP contribution in [0.2, 0.25) is 0 Å². The Labute approximate surface area is 201 Å². The number of nitrogens with zero attached hydrogens (tertiary/aromatic N) is 1. The lowest BCUT2D eigenvalue weighted by Gasteiger charge is -2.37. The average molecular weight is 471 g/mol. The monoisotopic (exact) mass is 470 g/mol. The number of hydrogen-bond acceptors (Lipinski definition) is 7. The molecule has 0 radical (unpaired) electrons. The number of hydrogen-bond donors (Lipinski definition) is 1. The summed E-state index contributed by atoms with van der Waals surface area (Å²) in [6.45, 7) is 5.46. The van der Waals surface area contributed by atoms with Gasteiger partial charge in [0, 0.05) is 12.1 Å². The molecule has 0 aliphatic carbocycles. The van der Waals surface area contributed by atoms with Crippen LogP contribution in [0.25, 0.3) is 0 Å². The van der Waals surface area contributed by atoms with Crippen molar-refractivity contribution in [3.05, 3.63) is 47.0 Å². The maximum atomic E-state index is 13.2. The molecule has 1 aliphatic rings. The molecule has 2 aromatic carbocycles. The van der Waals surface area contributed by atoms with Gasteiger partial charge in [-0.3, -0.25) is 14.5 Å². The van der Waals surface area contributed by atoms with E-state index in [0.29, 0.717) is 53.6 Å². The van der Waals surface area contributed by atoms with Crippen LogP contribution in [0.1, 0.15) is 41.8 Å². The maximum absolute atomic E-state index is 13.2. The van der Waals surface area contributed by atoms with E-state index in [1.807, 2.05) is 32.0 Å². The van der Waals surface area contributed by atoms with Gasteiger partial charge in [0.15, 0.2) is 23.0 Å². The molecule has 1 aliphatic heterocycles. The summed E-state index contributed by atoms with van der Waals surface area (Å²) in [5.74, 6) is 1.88. The first kappa shape index (κ1) is 25.4. The minimum absolute atomic E-state index is 0.206. The Kier molecular flexibility index (Phi) is 8.04. The Hall–Kier alpha value is -3.26. The van der Waals surface area contributed by atoms with Crippen LogP contribution < -0.4 is 24.3 Å². The third kappa shape index (κ3) is 4.97. The lowest BCUT2D eigenvalue weighted by atomic mass is 9.77. The Morgan fingerprint density at radius 2 is 1.44 bits per heavy atom. The lowest BCUT2D eigenvalue weighted by molar-refractivity contribution is -0.134. The van der Waals surface area contributed by atoms with E-state index in [0.717, 1.165) is 18.5 Å². The number of ether oxygens (including phenoxy) is 4. The van der Waals surface area contributed by atoms with Crippen molar-refractivity contribution in [2.24, 2.45) is 0 Å². The summed E-state index contributed by atoms with van der Waals surface area (Å²) in [4.78, 5) is 27.7. The predicted molar refractivity (Wildman–Crippen MR) is 129 cm³/mol. The topological polar surface area (TPSA) is 86.3 Å². The van der Waals surface area contributed by atoms with Gasteiger partial charge in [-0.15, -0.1) is 0 Å². The van der Waals surface area contributed by atoms with Gasteiger partial charge in [0.25, 0.3) is 5.91 Å². The van der Waals surface area contributed by atoms with Crippen molar-refractivity contribution < 1.29 is 28.5 Å². The number of fused-ring (bicyclic) bond motifs is 1. The lowest BCUT2D eigenvalue weighted by Crippen LogP contribution is -2.52. The van der Waals surface area contributed by atoms with Gasteiger partial charge in [-0.05, 0) is 75.2 Å². The summed E-state index contributed by atoms with van der Waals surface area (Å²) in [5.41, 5.74) is 1.42. The predicted octanol–water partition coefficient (Wildman–Crippen LogP) is 3.20. The molecule has 1 N–H and O–H groups in total. The van der Waals surface area contributed by atoms with E-state index in [2.05, 4.69) is 5.32 Å². The maximum Gasteiger partial charge on any atom is 0.260 e. The van der Waals surface area contributed by atoms with Crippen LogP contribution in [0.4, 0.5) is 0 Å². The largest absolute Gasteiger partial charge is 0.493 e. The summed E-state index contributed by atoms with van der Waals surface area (Å²) in [6, 6.07) is 9.27. The van der Waals surface area contributed by atoms with Crippen LogP contribution >= 0.6 is 0 Å². The van der Waals surface area contributed by atoms with Crippen molar-refractivity contribution in [3.63, 3.8) is 0 Å². The highest BCUT2D eigenvalue weighted by molar-refractivity contribution is 6.13. The van der Waals surface area contributed by atoms with Crippen LogP contribution in [0.15, 0.2) is 30.3 Å². The Bertz CT molecular complexity index is 1050. The molecule has 8 heteroatoms. The van der Waals surface area contributed by atoms with Crippen molar-refractivity contribution in [1.82, 2.24) is 10.2 Å². The fourth-order valence-corrected chi connectivity index (χ4v) is 4.22. The number of rotatable bonds is 11. The molecule has 0 fully saturated rings. The van der Waals surface area contributed by atoms with Crippen LogP contribution in [0.3, 0.4) is 0 Å². The van der Waals surface area contributed by atoms with Crippen molar-refractivity contribution in [2.75, 3.05) is 48.1 Å². The summed E-state index contributed by atoms with van der Waals surface area (Å²) in [5, 5.41) is 3.38. The molecule has 2 amide bonds. The van der Waals surface area contributed by atoms with Crippen molar-refractivity contribution in [2.45, 2.75) is 32.1 Å². The molecule has 2 aromatic rings. The molecule has 34 heavy (non-hydrogen) atoms. The standard InChI is InChI=1S/C26H34N2O6/c1-26(2)19-16-23(34-6)22(33-5)15-18(19)24(29)28(25(26)30)13-7-11-27-12-10-17-8-9-20(31-3)21(14-17)32-4/h8-9,14-16,27H,7,10-13H2,1-6H3. The van der Waals surface area contributed by atoms with Crippen LogP contribution in [0.5, 0.6) is 23.0 Å². The van der Waals surface area contributed by atoms with Gasteiger partial charge in [-0.2, -0.15) is 0 Å². The number of amides is 2. The summed E-state index contributed by atoms with van der Waals surface area (Å²) in [7, 11) is 6.30. The van der Waals surface area contributed by atoms with Gasteiger partial charge < -0.3 is 24.3 Å². The number of benzene rings is 2. The zero-order valence-electron chi connectivity index (χ0n) is 20.8. The number of nitrogens with one attached hydrogen (secondary N) is 1. The highest BCUT2D eigenvalue weighted by Crippen LogP contribution is 2.40. The summed E-state index contributed by atoms with van der Waals surface area (Å²) >= 11 is 0. The molecule has 0 atom stereocenters. The van der Waals surface area contributed by atoms with Crippen molar-refractivity contribution in [3.8, 4) is 23.0 Å². The second-order valence-corrected chi connectivity index (χ2v) is 8.68. The number of imide groups is 1. The van der Waals surface area contributed by atoms with Crippen LogP contribution in [-0.4, -0.2) is 64.8 Å². The van der Waals surface area contributed by atoms with E-state index >= 15 is 0 Å². The first-order chi connectivity index (χ1) is 16.3. The minimum atomic E-state index is -0.844. The molecule has 0 spiro atoms. The molecule has 184 valence electrons. The quantitative estimate of drug-likeness (QED) is 0.399. The van der Waals surface area contributed by atoms with Gasteiger partial charge >= 0.3 is 0 Å². The van der Waals surface area contributed by atoms with Crippen molar-refractivity contribution in [1.29, 1.82) is 0 Å². The van der Waals surface area contributed by atoms with Crippen LogP contribution in [0, 0.1) is 0 Å². The fourth-order valence-electron chi connectivity index (χ4n) is 4.22. The first-order valence-corrected chi connectivity index (χ1v) is 11.3. The van der Waals surface area contributed by atoms with Gasteiger partial charge in [-0.1, -0.05) is 6.07 Å². The molecular formula is C26H34N2O6. The zero-order valence-corrected chi connectivity index (χ0v) is 20.8. The first-order valence-electron chi connectivity index (χ1n) is 11.3. The summed E-state index contributed by atoms with van der Waals surface area (Å²) in [6.07, 6.45) is 1.48. The Morgan fingerprint density at radius 1 is 0.824 bits per heavy atom. The second-order valence-electron chi connectivity index (χ2n) is 8.68. The minimum Gasteiger partial charge on any atom is -0.493 e. The third-order valence-electron chi connectivity index (χ3n) is 6.23. The molecule has 0 aromatic heterocycles. The summed E-state index contributed by atoms with van der Waals surface area (Å²) < 4.78 is 21.4. The van der Waals surface area contributed by atoms with Gasteiger partial charge in [0.1, 0.15) is 0 Å². The van der Waals surface area contributed by atoms with Crippen LogP contribution in [-0.2, 0) is 16.6 Å². The van der Waals surface area contributed by atoms with Gasteiger partial charge in [0.2, 0.25) is 5.91 Å². The van der Waals surface area contributed by atoms with E-state index < -0.39 is 5.41 Å². The van der Waals surface area contributed by atoms with Gasteiger partial charge in [0.05, 0.1) is 33.9 Å². The average Bonchev–Trinajstić information content (AvgIpc) is 2.85. The van der Waals surface area contributed by atoms with E-state index in [1.165, 1.54) is 19.1 Å². The molecule has 0 bridgehead atoms. The van der Waals surface area contributed by atoms with E-state index in [-0.39, 0.29) is 11.8 Å². The Balaban J connectivity index is 1.58. The zero-order chi connectivity index (χ0) is 24.9. The molecule has 1 heterocycles.